The van der Waals surface area contributed by atoms with Gasteiger partial charge in [0.05, 0.1) is 19.2 Å². The number of aliphatic hydroxyl groups is 1. The van der Waals surface area contributed by atoms with Crippen LogP contribution in [-0.4, -0.2) is 262 Å². The molecule has 28 N–H and O–H groups in total. The van der Waals surface area contributed by atoms with E-state index in [-0.39, 0.29) is 113 Å². The Hall–Kier alpha value is -10.3. The number of nitrogens with two attached hydrogens (primary N) is 4. The molecule has 14 atom stereocenters. The summed E-state index contributed by atoms with van der Waals surface area (Å²) in [4.78, 5) is 225. The number of amides is 14. The van der Waals surface area contributed by atoms with Crippen molar-refractivity contribution in [1.29, 1.82) is 5.41 Å². The van der Waals surface area contributed by atoms with Crippen molar-refractivity contribution < 1.29 is 92.0 Å². The monoisotopic (exact) mass is 1780 g/mol. The molecule has 0 bridgehead atoms. The van der Waals surface area contributed by atoms with Gasteiger partial charge in [0, 0.05) is 54.4 Å². The zero-order valence-electron chi connectivity index (χ0n) is 71.2. The minimum Gasteiger partial charge on any atom is -0.481 e. The second-order valence-electron chi connectivity index (χ2n) is 31.2. The number of rotatable bonds is 59. The number of aromatic nitrogens is 1. The summed E-state index contributed by atoms with van der Waals surface area (Å²) in [7, 11) is 0. The second kappa shape index (κ2) is 56.4. The van der Waals surface area contributed by atoms with Crippen molar-refractivity contribution in [3.05, 3.63) is 71.9 Å². The number of para-hydroxylation sites is 1. The molecule has 1 heterocycles. The van der Waals surface area contributed by atoms with Gasteiger partial charge in [-0.05, 0) is 137 Å². The summed E-state index contributed by atoms with van der Waals surface area (Å²) in [6, 6.07) is -4.23. The lowest BCUT2D eigenvalue weighted by Gasteiger charge is -2.30. The van der Waals surface area contributed by atoms with E-state index in [0.29, 0.717) is 24.0 Å². The van der Waals surface area contributed by atoms with Gasteiger partial charge in [-0.25, -0.2) is 4.79 Å². The van der Waals surface area contributed by atoms with E-state index in [9.17, 15) is 86.9 Å². The summed E-state index contributed by atoms with van der Waals surface area (Å²) in [6.45, 7) is 11.9. The van der Waals surface area contributed by atoms with Crippen molar-refractivity contribution >= 4 is 149 Å². The smallest absolute Gasteiger partial charge is 0.327 e. The maximum atomic E-state index is 14.9. The normalized spacial score (nSPS) is 14.7. The number of carboxylic acids is 2. The van der Waals surface area contributed by atoms with Gasteiger partial charge in [-0.15, -0.1) is 0 Å². The van der Waals surface area contributed by atoms with Crippen LogP contribution < -0.4 is 103 Å². The Morgan fingerprint density at radius 1 is 0.455 bits per heavy atom. The highest BCUT2D eigenvalue weighted by Crippen LogP contribution is 2.21. The van der Waals surface area contributed by atoms with E-state index in [4.69, 9.17) is 33.5 Å². The lowest BCUT2D eigenvalue weighted by Crippen LogP contribution is -2.62. The number of nitrogens with one attached hydrogen (secondary N) is 17. The Morgan fingerprint density at radius 2 is 0.862 bits per heavy atom. The number of fused-ring (bicyclic) bond motifs is 1. The fourth-order valence-electron chi connectivity index (χ4n) is 12.6. The van der Waals surface area contributed by atoms with Crippen LogP contribution in [0, 0.1) is 29.1 Å². The molecule has 0 saturated carbocycles. The van der Waals surface area contributed by atoms with E-state index >= 15 is 0 Å². The zero-order valence-corrected chi connectivity index (χ0v) is 73.8. The van der Waals surface area contributed by atoms with Gasteiger partial charge in [0.2, 0.25) is 82.7 Å². The molecule has 0 spiro atoms. The van der Waals surface area contributed by atoms with Gasteiger partial charge in [-0.2, -0.15) is 37.0 Å². The number of aliphatic carboxylic acids is 2. The molecular formula is C80H129N21O19S3. The molecule has 0 unspecified atom stereocenters. The fraction of sp³-hybridized carbons (Fsp3) is 0.613. The Balaban J connectivity index is 1.94. The average molecular weight is 1790 g/mol. The maximum Gasteiger partial charge on any atom is 0.327 e. The van der Waals surface area contributed by atoms with E-state index < -0.39 is 223 Å². The molecule has 1 aromatic heterocycles. The average Bonchev–Trinajstić information content (AvgIpc) is 1.75. The molecule has 0 radical (unpaired) electrons. The van der Waals surface area contributed by atoms with Crippen LogP contribution in [0.1, 0.15) is 144 Å². The van der Waals surface area contributed by atoms with Crippen molar-refractivity contribution in [3.8, 4) is 0 Å². The van der Waals surface area contributed by atoms with Crippen LogP contribution in [0.3, 0.4) is 0 Å². The number of H-pyrrole nitrogens is 1. The molecule has 0 fully saturated rings. The first kappa shape index (κ1) is 107. The number of aliphatic hydroxyl groups excluding tert-OH is 1. The predicted octanol–water partition coefficient (Wildman–Crippen LogP) is -3.21. The molecule has 14 amide bonds. The summed E-state index contributed by atoms with van der Waals surface area (Å²) in [5.74, 6) is -17.9. The number of carbonyl (C=O) groups excluding carboxylic acids is 14. The van der Waals surface area contributed by atoms with Crippen LogP contribution in [0.25, 0.3) is 10.9 Å². The van der Waals surface area contributed by atoms with Gasteiger partial charge in [-0.3, -0.25) is 77.3 Å². The molecule has 43 heteroatoms. The van der Waals surface area contributed by atoms with Crippen LogP contribution in [0.15, 0.2) is 60.8 Å². The maximum absolute atomic E-state index is 14.9. The number of guanidine groups is 1. The summed E-state index contributed by atoms with van der Waals surface area (Å²) < 4.78 is 0. The molecule has 686 valence electrons. The van der Waals surface area contributed by atoms with Gasteiger partial charge in [-0.1, -0.05) is 104 Å². The number of thioether (sulfide) groups is 1. The molecular weight excluding hydrogens is 1660 g/mol. The Morgan fingerprint density at radius 3 is 1.34 bits per heavy atom. The van der Waals surface area contributed by atoms with Crippen LogP contribution in [0.5, 0.6) is 0 Å². The van der Waals surface area contributed by atoms with E-state index in [1.807, 2.05) is 0 Å². The Bertz CT molecular complexity index is 3990. The zero-order chi connectivity index (χ0) is 92.2. The molecule has 123 heavy (non-hydrogen) atoms. The van der Waals surface area contributed by atoms with Crippen LogP contribution in [-0.2, 0) is 89.6 Å². The summed E-state index contributed by atoms with van der Waals surface area (Å²) in [6.07, 6.45) is 3.65. The highest BCUT2D eigenvalue weighted by atomic mass is 32.2. The van der Waals surface area contributed by atoms with Crippen molar-refractivity contribution in [2.75, 3.05) is 56.3 Å². The van der Waals surface area contributed by atoms with E-state index in [1.54, 1.807) is 122 Å². The molecule has 0 aliphatic carbocycles. The predicted molar refractivity (Wildman–Crippen MR) is 469 cm³/mol. The fourth-order valence-corrected chi connectivity index (χ4v) is 13.6. The number of hydrogen-bond donors (Lipinski definition) is 26. The van der Waals surface area contributed by atoms with Gasteiger partial charge in [0.25, 0.3) is 0 Å². The third-order valence-electron chi connectivity index (χ3n) is 19.6. The third-order valence-corrected chi connectivity index (χ3v) is 21.0. The lowest BCUT2D eigenvalue weighted by atomic mass is 9.98. The topological polar surface area (TPSA) is 658 Å². The molecule has 0 aliphatic rings. The Kier molecular flexibility index (Phi) is 49.0. The number of thiol groups is 2. The minimum atomic E-state index is -1.69. The van der Waals surface area contributed by atoms with Gasteiger partial charge < -0.3 is 123 Å². The molecule has 0 aliphatic heterocycles. The summed E-state index contributed by atoms with van der Waals surface area (Å²) in [5, 5.41) is 76.5. The lowest BCUT2D eigenvalue weighted by molar-refractivity contribution is -0.142. The van der Waals surface area contributed by atoms with Gasteiger partial charge in [0.15, 0.2) is 5.96 Å². The first-order valence-electron chi connectivity index (χ1n) is 41.0. The van der Waals surface area contributed by atoms with E-state index in [1.165, 1.54) is 11.8 Å². The van der Waals surface area contributed by atoms with Gasteiger partial charge >= 0.3 is 11.9 Å². The number of hydrogen-bond acceptors (Lipinski definition) is 24. The Labute approximate surface area is 731 Å². The summed E-state index contributed by atoms with van der Waals surface area (Å²) in [5.41, 5.74) is 24.9. The minimum absolute atomic E-state index is 0.0238. The van der Waals surface area contributed by atoms with Crippen molar-refractivity contribution in [1.82, 2.24) is 84.7 Å². The van der Waals surface area contributed by atoms with E-state index in [0.717, 1.165) is 10.9 Å². The molecule has 2 aromatic carbocycles. The quantitative estimate of drug-likeness (QED) is 0.0114. The standard InChI is InChI=1S/C80H129N21O19S3/c1-42(2)34-55(71(111)98-60(41-122)79(119)120)94-74(114)58(39-102)96-68(108)52(25-16-18-31-82)90-67(107)51(24-15-17-30-81)91-69(109)54(29-33-123-9)93-72(112)56(35-46-20-11-10-12-21-46)95-76(116)63(43(3)4)99-70(110)53(26-19-32-86-80(84)85)92-75(115)59(40-121)97-77(117)64(44(5)6)101-78(118)65(45(7)8)100-73(113)57(36-47-37-87-50-23-14-13-22-48(47)50)89-61(103)38-88-66(106)49(83)27-28-62(104)105/h10-14,20-23,37,42-45,49,51-60,63-65,87,102,121-122H,15-19,24-36,38-41,81-83H2,1-9H3,(H,88,106)(H,89,103)(H,90,107)(H,91,109)(H,92,115)(H,93,112)(H,94,114)(H,95,116)(H,96,108)(H,97,117)(H,98,111)(H,99,110)(H,100,113)(H,101,118)(H,104,105)(H,119,120)(H4,84,85,86)/t49-,51-,52-,53-,54-,55-,56-,57-,58-,59-,60-,63-,64-,65-/m0/s1. The van der Waals surface area contributed by atoms with Crippen LogP contribution in [0.4, 0.5) is 0 Å². The molecule has 3 aromatic rings. The SMILES string of the molecule is CSCC[C@H](NC(=O)[C@H](Cc1ccccc1)NC(=O)[C@@H](NC(=O)[C@H](CCCNC(=N)N)NC(=O)[C@H](CS)NC(=O)[C@@H](NC(=O)[C@@H](NC(=O)[C@H](Cc1c[nH]c2ccccc12)NC(=O)CNC(=O)[C@@H](N)CCC(=O)O)C(C)C)C(C)C)C(C)C)C(=O)N[C@@H](CCCCN)C(=O)N[C@@H](CCCCN)C(=O)N[C@@H](CO)C(=O)N[C@@H](CC(C)C)C(=O)N[C@@H](CS)C(=O)O. The number of unbranched alkanes of at least 4 members (excludes halogenated alkanes) is 2. The largest absolute Gasteiger partial charge is 0.481 e. The van der Waals surface area contributed by atoms with Crippen molar-refractivity contribution in [2.45, 2.75) is 230 Å². The summed E-state index contributed by atoms with van der Waals surface area (Å²) >= 11 is 9.69. The first-order valence-corrected chi connectivity index (χ1v) is 43.7. The number of aromatic amines is 1. The van der Waals surface area contributed by atoms with Gasteiger partial charge in [0.1, 0.15) is 78.5 Å². The van der Waals surface area contributed by atoms with Crippen LogP contribution >= 0.6 is 37.0 Å². The number of benzene rings is 2. The van der Waals surface area contributed by atoms with Crippen LogP contribution in [0.2, 0.25) is 0 Å². The van der Waals surface area contributed by atoms with Crippen molar-refractivity contribution in [2.24, 2.45) is 46.6 Å². The third kappa shape index (κ3) is 38.5. The van der Waals surface area contributed by atoms with E-state index in [2.05, 4.69) is 110 Å². The highest BCUT2D eigenvalue weighted by Gasteiger charge is 2.40. The molecule has 0 saturated heterocycles. The number of carbonyl (C=O) groups is 16. The first-order chi connectivity index (χ1) is 58.2. The molecule has 40 nitrogen and oxygen atoms in total. The second-order valence-corrected chi connectivity index (χ2v) is 32.9. The molecule has 3 rings (SSSR count). The van der Waals surface area contributed by atoms with Crippen molar-refractivity contribution in [3.63, 3.8) is 0 Å². The highest BCUT2D eigenvalue weighted by molar-refractivity contribution is 7.98. The number of carboxylic acid groups (broad SMARTS) is 2.